The summed E-state index contributed by atoms with van der Waals surface area (Å²) in [6, 6.07) is 4.27. The number of amides is 1. The van der Waals surface area contributed by atoms with Crippen LogP contribution in [-0.4, -0.2) is 39.7 Å². The second-order valence-corrected chi connectivity index (χ2v) is 7.59. The highest BCUT2D eigenvalue weighted by Gasteiger charge is 2.34. The van der Waals surface area contributed by atoms with Crippen LogP contribution in [0, 0.1) is 19.8 Å². The van der Waals surface area contributed by atoms with E-state index in [-0.39, 0.29) is 6.09 Å². The Morgan fingerprint density at radius 2 is 1.96 bits per heavy atom. The molecule has 5 nitrogen and oxygen atoms in total. The van der Waals surface area contributed by atoms with Crippen LogP contribution < -0.4 is 0 Å². The number of carbonyl (C=O) groups excluding carboxylic acids is 1. The first-order chi connectivity index (χ1) is 10.7. The van der Waals surface area contributed by atoms with Crippen molar-refractivity contribution in [1.29, 1.82) is 0 Å². The van der Waals surface area contributed by atoms with Gasteiger partial charge in [-0.3, -0.25) is 0 Å². The van der Waals surface area contributed by atoms with Gasteiger partial charge in [0.15, 0.2) is 0 Å². The molecule has 1 saturated heterocycles. The van der Waals surface area contributed by atoms with Crippen molar-refractivity contribution in [2.45, 2.75) is 46.6 Å². The molecule has 0 radical (unpaired) electrons. The van der Waals surface area contributed by atoms with E-state index in [0.717, 1.165) is 36.4 Å². The number of nitrogens with zero attached hydrogens (tertiary/aromatic N) is 2. The molecule has 1 fully saturated rings. The molecule has 1 aromatic heterocycles. The summed E-state index contributed by atoms with van der Waals surface area (Å²) >= 11 is 0. The number of hydrogen-bond donors (Lipinski definition) is 1. The number of benzene rings is 1. The van der Waals surface area contributed by atoms with Crippen LogP contribution in [0.2, 0.25) is 0 Å². The predicted octanol–water partition coefficient (Wildman–Crippen LogP) is 3.59. The summed E-state index contributed by atoms with van der Waals surface area (Å²) < 4.78 is 5.38. The van der Waals surface area contributed by atoms with Crippen molar-refractivity contribution < 1.29 is 9.53 Å². The number of imidazole rings is 1. The molecule has 0 bridgehead atoms. The maximum Gasteiger partial charge on any atom is 0.410 e. The average molecular weight is 315 g/mol. The lowest BCUT2D eigenvalue weighted by Gasteiger charge is -2.39. The average Bonchev–Trinajstić information content (AvgIpc) is 2.73. The molecule has 0 unspecified atom stereocenters. The van der Waals surface area contributed by atoms with E-state index in [2.05, 4.69) is 35.9 Å². The van der Waals surface area contributed by atoms with Gasteiger partial charge >= 0.3 is 6.09 Å². The summed E-state index contributed by atoms with van der Waals surface area (Å²) in [7, 11) is 0. The second-order valence-electron chi connectivity index (χ2n) is 7.59. The van der Waals surface area contributed by atoms with Gasteiger partial charge in [0.25, 0.3) is 0 Å². The molecule has 1 amide bonds. The van der Waals surface area contributed by atoms with Gasteiger partial charge in [-0.25, -0.2) is 9.78 Å². The minimum absolute atomic E-state index is 0.218. The van der Waals surface area contributed by atoms with Crippen molar-refractivity contribution in [3.8, 4) is 0 Å². The van der Waals surface area contributed by atoms with Gasteiger partial charge in [-0.05, 0) is 57.9 Å². The van der Waals surface area contributed by atoms with Gasteiger partial charge in [0, 0.05) is 25.4 Å². The fourth-order valence-corrected chi connectivity index (χ4v) is 2.87. The molecule has 0 saturated carbocycles. The van der Waals surface area contributed by atoms with E-state index in [9.17, 15) is 4.79 Å². The second kappa shape index (κ2) is 5.55. The van der Waals surface area contributed by atoms with E-state index in [0.29, 0.717) is 5.92 Å². The summed E-state index contributed by atoms with van der Waals surface area (Å²) in [4.78, 5) is 21.8. The largest absolute Gasteiger partial charge is 0.444 e. The Balaban J connectivity index is 1.59. The number of aryl methyl sites for hydroxylation is 2. The van der Waals surface area contributed by atoms with Crippen molar-refractivity contribution >= 4 is 17.1 Å². The zero-order valence-corrected chi connectivity index (χ0v) is 14.6. The highest BCUT2D eigenvalue weighted by molar-refractivity contribution is 5.77. The molecule has 124 valence electrons. The summed E-state index contributed by atoms with van der Waals surface area (Å²) in [5, 5.41) is 0. The normalized spacial score (nSPS) is 15.8. The molecule has 1 aromatic carbocycles. The first-order valence-electron chi connectivity index (χ1n) is 8.15. The summed E-state index contributed by atoms with van der Waals surface area (Å²) in [6.45, 7) is 11.4. The molecule has 0 aliphatic carbocycles. The van der Waals surface area contributed by atoms with Crippen molar-refractivity contribution in [2.24, 2.45) is 5.92 Å². The van der Waals surface area contributed by atoms with E-state index in [1.807, 2.05) is 20.8 Å². The van der Waals surface area contributed by atoms with E-state index < -0.39 is 5.60 Å². The fraction of sp³-hybridized carbons (Fsp3) is 0.556. The van der Waals surface area contributed by atoms with Gasteiger partial charge in [0.2, 0.25) is 0 Å². The third kappa shape index (κ3) is 3.49. The molecule has 2 heterocycles. The van der Waals surface area contributed by atoms with Gasteiger partial charge in [-0.2, -0.15) is 0 Å². The number of fused-ring (bicyclic) bond motifs is 1. The lowest BCUT2D eigenvalue weighted by atomic mass is 9.97. The van der Waals surface area contributed by atoms with E-state index in [1.165, 1.54) is 11.1 Å². The molecule has 1 N–H and O–H groups in total. The standard InChI is InChI=1S/C18H25N3O2/c1-11-6-14-15(7-12(11)2)20-16(19-14)8-13-9-21(10-13)17(22)23-18(3,4)5/h6-7,13H,8-10H2,1-5H3,(H,19,20). The summed E-state index contributed by atoms with van der Waals surface area (Å²) in [5.74, 6) is 1.45. The van der Waals surface area contributed by atoms with Crippen LogP contribution in [0.3, 0.4) is 0 Å². The Hall–Kier alpha value is -2.04. The van der Waals surface area contributed by atoms with Crippen molar-refractivity contribution in [2.75, 3.05) is 13.1 Å². The lowest BCUT2D eigenvalue weighted by Crippen LogP contribution is -2.52. The number of aromatic nitrogens is 2. The number of ether oxygens (including phenoxy) is 1. The Morgan fingerprint density at radius 1 is 1.30 bits per heavy atom. The van der Waals surface area contributed by atoms with Crippen LogP contribution in [0.4, 0.5) is 4.79 Å². The van der Waals surface area contributed by atoms with Crippen molar-refractivity contribution in [1.82, 2.24) is 14.9 Å². The number of rotatable bonds is 2. The fourth-order valence-electron chi connectivity index (χ4n) is 2.87. The van der Waals surface area contributed by atoms with Gasteiger partial charge in [0.05, 0.1) is 11.0 Å². The number of likely N-dealkylation sites (tertiary alicyclic amines) is 1. The van der Waals surface area contributed by atoms with E-state index >= 15 is 0 Å². The molecule has 5 heteroatoms. The molecular weight excluding hydrogens is 290 g/mol. The highest BCUT2D eigenvalue weighted by Crippen LogP contribution is 2.24. The smallest absolute Gasteiger partial charge is 0.410 e. The number of nitrogens with one attached hydrogen (secondary N) is 1. The molecule has 1 aliphatic rings. The maximum atomic E-state index is 11.9. The van der Waals surface area contributed by atoms with Crippen LogP contribution >= 0.6 is 0 Å². The van der Waals surface area contributed by atoms with Crippen molar-refractivity contribution in [3.05, 3.63) is 29.1 Å². The SMILES string of the molecule is Cc1cc2nc(CC3CN(C(=O)OC(C)(C)C)C3)[nH]c2cc1C. The Labute approximate surface area is 137 Å². The topological polar surface area (TPSA) is 58.2 Å². The molecular formula is C18H25N3O2. The highest BCUT2D eigenvalue weighted by atomic mass is 16.6. The quantitative estimate of drug-likeness (QED) is 0.921. The minimum atomic E-state index is -0.434. The van der Waals surface area contributed by atoms with E-state index in [4.69, 9.17) is 4.74 Å². The van der Waals surface area contributed by atoms with Gasteiger partial charge in [-0.15, -0.1) is 0 Å². The molecule has 0 atom stereocenters. The van der Waals surface area contributed by atoms with Crippen LogP contribution in [0.5, 0.6) is 0 Å². The van der Waals surface area contributed by atoms with Gasteiger partial charge in [-0.1, -0.05) is 0 Å². The minimum Gasteiger partial charge on any atom is -0.444 e. The van der Waals surface area contributed by atoms with E-state index in [1.54, 1.807) is 4.90 Å². The monoisotopic (exact) mass is 315 g/mol. The third-order valence-corrected chi connectivity index (χ3v) is 4.24. The Bertz CT molecular complexity index is 698. The third-order valence-electron chi connectivity index (χ3n) is 4.24. The van der Waals surface area contributed by atoms with Gasteiger partial charge in [0.1, 0.15) is 11.4 Å². The molecule has 0 spiro atoms. The predicted molar refractivity (Wildman–Crippen MR) is 90.6 cm³/mol. The first-order valence-corrected chi connectivity index (χ1v) is 8.15. The molecule has 1 aliphatic heterocycles. The van der Waals surface area contributed by atoms with Crippen LogP contribution in [0.25, 0.3) is 11.0 Å². The number of aromatic amines is 1. The number of H-pyrrole nitrogens is 1. The first kappa shape index (κ1) is 15.8. The maximum absolute atomic E-state index is 11.9. The van der Waals surface area contributed by atoms with Gasteiger partial charge < -0.3 is 14.6 Å². The van der Waals surface area contributed by atoms with Crippen LogP contribution in [0.15, 0.2) is 12.1 Å². The van der Waals surface area contributed by atoms with Crippen LogP contribution in [0.1, 0.15) is 37.7 Å². The molecule has 3 rings (SSSR count). The number of hydrogen-bond acceptors (Lipinski definition) is 3. The zero-order chi connectivity index (χ0) is 16.8. The van der Waals surface area contributed by atoms with Crippen molar-refractivity contribution in [3.63, 3.8) is 0 Å². The summed E-state index contributed by atoms with van der Waals surface area (Å²) in [6.07, 6.45) is 0.649. The molecule has 23 heavy (non-hydrogen) atoms. The summed E-state index contributed by atoms with van der Waals surface area (Å²) in [5.41, 5.74) is 4.21. The Morgan fingerprint density at radius 3 is 2.61 bits per heavy atom. The van der Waals surface area contributed by atoms with Crippen LogP contribution in [-0.2, 0) is 11.2 Å². The Kier molecular flexibility index (Phi) is 3.82. The number of carbonyl (C=O) groups is 1. The zero-order valence-electron chi connectivity index (χ0n) is 14.6. The lowest BCUT2D eigenvalue weighted by molar-refractivity contribution is -0.00111. The molecule has 2 aromatic rings.